The molecule has 1 aromatic carbocycles. The molecule has 29 heavy (non-hydrogen) atoms. The Kier molecular flexibility index (Phi) is 7.25. The molecule has 2 heterocycles. The van der Waals surface area contributed by atoms with E-state index in [0.717, 1.165) is 38.8 Å². The first-order chi connectivity index (χ1) is 13.7. The van der Waals surface area contributed by atoms with Gasteiger partial charge in [-0.1, -0.05) is 18.5 Å². The summed E-state index contributed by atoms with van der Waals surface area (Å²) < 4.78 is 27.7. The lowest BCUT2D eigenvalue weighted by Gasteiger charge is -2.34. The molecular formula is C21H32ClN3O3S. The summed E-state index contributed by atoms with van der Waals surface area (Å²) in [5.41, 5.74) is 0.337. The second kappa shape index (κ2) is 9.33. The van der Waals surface area contributed by atoms with Crippen LogP contribution in [0.5, 0.6) is 0 Å². The first-order valence-corrected chi connectivity index (χ1v) is 12.3. The van der Waals surface area contributed by atoms with Gasteiger partial charge in [0.25, 0.3) is 5.91 Å². The summed E-state index contributed by atoms with van der Waals surface area (Å²) in [5.74, 6) is 0.0774. The largest absolute Gasteiger partial charge is 0.349 e. The Labute approximate surface area is 179 Å². The van der Waals surface area contributed by atoms with Crippen molar-refractivity contribution < 1.29 is 13.2 Å². The van der Waals surface area contributed by atoms with Crippen molar-refractivity contribution in [1.29, 1.82) is 0 Å². The van der Waals surface area contributed by atoms with Crippen LogP contribution < -0.4 is 5.32 Å². The average molecular weight is 442 g/mol. The maximum atomic E-state index is 13.1. The van der Waals surface area contributed by atoms with Gasteiger partial charge in [0.1, 0.15) is 4.90 Å². The summed E-state index contributed by atoms with van der Waals surface area (Å²) in [4.78, 5) is 15.2. The number of likely N-dealkylation sites (tertiary alicyclic amines) is 1. The second-order valence-electron chi connectivity index (χ2n) is 8.63. The molecule has 0 aromatic heterocycles. The SMILES string of the molecule is CC1CCCN(S(=O)(=O)c2cc(C(=O)NC3CCN(C(C)C)CC3)ccc2Cl)C1. The minimum Gasteiger partial charge on any atom is -0.349 e. The van der Waals surface area contributed by atoms with Gasteiger partial charge < -0.3 is 10.2 Å². The number of piperidine rings is 2. The van der Waals surface area contributed by atoms with Crippen LogP contribution in [0.4, 0.5) is 0 Å². The smallest absolute Gasteiger partial charge is 0.251 e. The highest BCUT2D eigenvalue weighted by atomic mass is 35.5. The molecule has 6 nitrogen and oxygen atoms in total. The van der Waals surface area contributed by atoms with Crippen LogP contribution in [0, 0.1) is 5.92 Å². The first-order valence-electron chi connectivity index (χ1n) is 10.5. The molecule has 0 aliphatic carbocycles. The maximum Gasteiger partial charge on any atom is 0.251 e. The van der Waals surface area contributed by atoms with E-state index in [1.165, 1.54) is 16.4 Å². The third-order valence-electron chi connectivity index (χ3n) is 6.03. The topological polar surface area (TPSA) is 69.7 Å². The van der Waals surface area contributed by atoms with Gasteiger partial charge in [0.2, 0.25) is 10.0 Å². The van der Waals surface area contributed by atoms with Crippen LogP contribution in [0.15, 0.2) is 23.1 Å². The van der Waals surface area contributed by atoms with Crippen LogP contribution in [0.1, 0.15) is 56.8 Å². The second-order valence-corrected chi connectivity index (χ2v) is 10.9. The summed E-state index contributed by atoms with van der Waals surface area (Å²) in [5, 5.41) is 3.22. The number of carbonyl (C=O) groups excluding carboxylic acids is 1. The lowest BCUT2D eigenvalue weighted by atomic mass is 10.0. The van der Waals surface area contributed by atoms with E-state index >= 15 is 0 Å². The first kappa shape index (κ1) is 22.5. The van der Waals surface area contributed by atoms with Gasteiger partial charge in [0.05, 0.1) is 5.02 Å². The van der Waals surface area contributed by atoms with E-state index in [1.54, 1.807) is 6.07 Å². The van der Waals surface area contributed by atoms with Gasteiger partial charge in [0, 0.05) is 43.8 Å². The summed E-state index contributed by atoms with van der Waals surface area (Å²) in [7, 11) is -3.72. The minimum atomic E-state index is -3.72. The summed E-state index contributed by atoms with van der Waals surface area (Å²) in [6, 6.07) is 5.15. The average Bonchev–Trinajstić information content (AvgIpc) is 2.68. The fraction of sp³-hybridized carbons (Fsp3) is 0.667. The molecule has 3 rings (SSSR count). The number of hydrogen-bond acceptors (Lipinski definition) is 4. The monoisotopic (exact) mass is 441 g/mol. The summed E-state index contributed by atoms with van der Waals surface area (Å²) >= 11 is 6.24. The Morgan fingerprint density at radius 3 is 2.48 bits per heavy atom. The van der Waals surface area contributed by atoms with E-state index < -0.39 is 10.0 Å². The van der Waals surface area contributed by atoms with Gasteiger partial charge in [-0.15, -0.1) is 0 Å². The van der Waals surface area contributed by atoms with E-state index in [2.05, 4.69) is 31.0 Å². The third kappa shape index (κ3) is 5.32. The van der Waals surface area contributed by atoms with Gasteiger partial charge in [0.15, 0.2) is 0 Å². The molecular weight excluding hydrogens is 410 g/mol. The Bertz CT molecular complexity index is 836. The normalized spacial score (nSPS) is 22.7. The van der Waals surface area contributed by atoms with Crippen LogP contribution in [-0.4, -0.2) is 61.8 Å². The quantitative estimate of drug-likeness (QED) is 0.760. The fourth-order valence-corrected chi connectivity index (χ4v) is 6.27. The predicted molar refractivity (Wildman–Crippen MR) is 116 cm³/mol. The Balaban J connectivity index is 1.72. The molecule has 0 bridgehead atoms. The molecule has 1 unspecified atom stereocenters. The Hall–Kier alpha value is -1.15. The van der Waals surface area contributed by atoms with E-state index in [4.69, 9.17) is 11.6 Å². The minimum absolute atomic E-state index is 0.0237. The number of amides is 1. The molecule has 0 radical (unpaired) electrons. The number of halogens is 1. The number of nitrogens with one attached hydrogen (secondary N) is 1. The molecule has 0 spiro atoms. The molecule has 1 N–H and O–H groups in total. The molecule has 1 atom stereocenters. The van der Waals surface area contributed by atoms with Gasteiger partial charge in [-0.05, 0) is 63.6 Å². The van der Waals surface area contributed by atoms with Crippen LogP contribution >= 0.6 is 11.6 Å². The van der Waals surface area contributed by atoms with E-state index in [1.807, 2.05) is 0 Å². The molecule has 2 fully saturated rings. The van der Waals surface area contributed by atoms with Crippen molar-refractivity contribution in [3.8, 4) is 0 Å². The number of carbonyl (C=O) groups is 1. The Morgan fingerprint density at radius 2 is 1.86 bits per heavy atom. The molecule has 2 saturated heterocycles. The lowest BCUT2D eigenvalue weighted by Crippen LogP contribution is -2.46. The molecule has 0 saturated carbocycles. The lowest BCUT2D eigenvalue weighted by molar-refractivity contribution is 0.0900. The van der Waals surface area contributed by atoms with Crippen molar-refractivity contribution >= 4 is 27.5 Å². The van der Waals surface area contributed by atoms with Crippen molar-refractivity contribution in [3.63, 3.8) is 0 Å². The molecule has 2 aliphatic rings. The van der Waals surface area contributed by atoms with Crippen molar-refractivity contribution in [2.75, 3.05) is 26.2 Å². The maximum absolute atomic E-state index is 13.1. The number of sulfonamides is 1. The summed E-state index contributed by atoms with van der Waals surface area (Å²) in [6.45, 7) is 9.30. The highest BCUT2D eigenvalue weighted by Crippen LogP contribution is 2.29. The zero-order chi connectivity index (χ0) is 21.2. The molecule has 1 aromatic rings. The van der Waals surface area contributed by atoms with Gasteiger partial charge in [-0.25, -0.2) is 8.42 Å². The Morgan fingerprint density at radius 1 is 1.17 bits per heavy atom. The fourth-order valence-electron chi connectivity index (χ4n) is 4.17. The molecule has 162 valence electrons. The number of hydrogen-bond donors (Lipinski definition) is 1. The standard InChI is InChI=1S/C21H32ClN3O3S/c1-15(2)24-11-8-18(9-12-24)23-21(26)17-6-7-19(22)20(13-17)29(27,28)25-10-4-5-16(3)14-25/h6-7,13,15-16,18H,4-5,8-12,14H2,1-3H3,(H,23,26). The van der Waals surface area contributed by atoms with Gasteiger partial charge >= 0.3 is 0 Å². The van der Waals surface area contributed by atoms with Gasteiger partial charge in [-0.3, -0.25) is 4.79 Å². The van der Waals surface area contributed by atoms with E-state index in [0.29, 0.717) is 30.6 Å². The van der Waals surface area contributed by atoms with Crippen LogP contribution in [-0.2, 0) is 10.0 Å². The molecule has 1 amide bonds. The van der Waals surface area contributed by atoms with Crippen LogP contribution in [0.2, 0.25) is 5.02 Å². The number of benzene rings is 1. The van der Waals surface area contributed by atoms with Gasteiger partial charge in [-0.2, -0.15) is 4.31 Å². The van der Waals surface area contributed by atoms with Crippen molar-refractivity contribution in [1.82, 2.24) is 14.5 Å². The van der Waals surface area contributed by atoms with Crippen molar-refractivity contribution in [2.45, 2.75) is 63.4 Å². The predicted octanol–water partition coefficient (Wildman–Crippen LogP) is 3.36. The number of nitrogens with zero attached hydrogens (tertiary/aromatic N) is 2. The van der Waals surface area contributed by atoms with E-state index in [9.17, 15) is 13.2 Å². The number of rotatable bonds is 5. The molecule has 2 aliphatic heterocycles. The van der Waals surface area contributed by atoms with Crippen LogP contribution in [0.3, 0.4) is 0 Å². The summed E-state index contributed by atoms with van der Waals surface area (Å²) in [6.07, 6.45) is 3.66. The zero-order valence-electron chi connectivity index (χ0n) is 17.5. The van der Waals surface area contributed by atoms with Crippen molar-refractivity contribution in [2.24, 2.45) is 5.92 Å². The molecule has 8 heteroatoms. The highest BCUT2D eigenvalue weighted by Gasteiger charge is 2.31. The van der Waals surface area contributed by atoms with Crippen molar-refractivity contribution in [3.05, 3.63) is 28.8 Å². The zero-order valence-corrected chi connectivity index (χ0v) is 19.1. The highest BCUT2D eigenvalue weighted by molar-refractivity contribution is 7.89. The van der Waals surface area contributed by atoms with E-state index in [-0.39, 0.29) is 21.9 Å². The van der Waals surface area contributed by atoms with Crippen LogP contribution in [0.25, 0.3) is 0 Å². The third-order valence-corrected chi connectivity index (χ3v) is 8.37.